The van der Waals surface area contributed by atoms with Gasteiger partial charge in [-0.2, -0.15) is 0 Å². The number of nitrogens with zero attached hydrogens (tertiary/aromatic N) is 1. The van der Waals surface area contributed by atoms with Gasteiger partial charge < -0.3 is 15.4 Å². The Bertz CT molecular complexity index is 968. The summed E-state index contributed by atoms with van der Waals surface area (Å²) in [6.45, 7) is 1.98. The zero-order chi connectivity index (χ0) is 19.2. The number of carbonyl (C=O) groups excluding carboxylic acids is 2. The van der Waals surface area contributed by atoms with E-state index in [2.05, 4.69) is 15.6 Å². The molecule has 1 amide bonds. The Morgan fingerprint density at radius 1 is 1.00 bits per heavy atom. The summed E-state index contributed by atoms with van der Waals surface area (Å²) in [5.74, 6) is -0.250. The summed E-state index contributed by atoms with van der Waals surface area (Å²) in [6.07, 6.45) is 1.53. The second-order valence-corrected chi connectivity index (χ2v) is 5.91. The summed E-state index contributed by atoms with van der Waals surface area (Å²) in [5.41, 5.74) is 3.22. The number of rotatable bonds is 5. The molecule has 0 bridgehead atoms. The number of aromatic nitrogens is 1. The molecule has 0 aliphatic carbocycles. The number of pyridine rings is 1. The summed E-state index contributed by atoms with van der Waals surface area (Å²) < 4.78 is 4.79. The first-order chi connectivity index (χ1) is 13.1. The van der Waals surface area contributed by atoms with Crippen LogP contribution in [0.5, 0.6) is 0 Å². The molecule has 136 valence electrons. The number of carbonyl (C=O) groups is 2. The van der Waals surface area contributed by atoms with Gasteiger partial charge >= 0.3 is 5.97 Å². The molecule has 1 heterocycles. The second kappa shape index (κ2) is 8.14. The lowest BCUT2D eigenvalue weighted by atomic mass is 10.1. The van der Waals surface area contributed by atoms with Gasteiger partial charge in [-0.25, -0.2) is 9.78 Å². The zero-order valence-electron chi connectivity index (χ0n) is 15.0. The van der Waals surface area contributed by atoms with E-state index < -0.39 is 5.97 Å². The average molecular weight is 361 g/mol. The maximum absolute atomic E-state index is 12.5. The van der Waals surface area contributed by atoms with Gasteiger partial charge in [0.05, 0.1) is 18.4 Å². The van der Waals surface area contributed by atoms with Crippen LogP contribution in [0.1, 0.15) is 26.3 Å². The first kappa shape index (κ1) is 18.1. The molecule has 2 N–H and O–H groups in total. The summed E-state index contributed by atoms with van der Waals surface area (Å²) in [7, 11) is 1.33. The molecule has 1 aromatic heterocycles. The van der Waals surface area contributed by atoms with Gasteiger partial charge in [0.25, 0.3) is 5.91 Å². The van der Waals surface area contributed by atoms with Crippen LogP contribution in [0, 0.1) is 6.92 Å². The molecule has 6 nitrogen and oxygen atoms in total. The van der Waals surface area contributed by atoms with E-state index in [9.17, 15) is 9.59 Å². The van der Waals surface area contributed by atoms with Crippen molar-refractivity contribution in [3.05, 3.63) is 83.6 Å². The zero-order valence-corrected chi connectivity index (χ0v) is 15.0. The van der Waals surface area contributed by atoms with Crippen molar-refractivity contribution >= 4 is 29.1 Å². The van der Waals surface area contributed by atoms with Crippen LogP contribution in [-0.2, 0) is 4.74 Å². The SMILES string of the molecule is COC(=O)c1ccccc1Nc1cc(C(=O)Nc2ccc(C)cc2)ccn1. The summed E-state index contributed by atoms with van der Waals surface area (Å²) in [5, 5.41) is 5.91. The van der Waals surface area contributed by atoms with Crippen LogP contribution in [0.3, 0.4) is 0 Å². The second-order valence-electron chi connectivity index (χ2n) is 5.91. The molecule has 0 spiro atoms. The number of amides is 1. The molecule has 0 atom stereocenters. The monoisotopic (exact) mass is 361 g/mol. The highest BCUT2D eigenvalue weighted by Crippen LogP contribution is 2.21. The highest BCUT2D eigenvalue weighted by molar-refractivity contribution is 6.04. The molecule has 3 aromatic rings. The van der Waals surface area contributed by atoms with Crippen LogP contribution in [0.15, 0.2) is 66.9 Å². The highest BCUT2D eigenvalue weighted by atomic mass is 16.5. The molecule has 0 unspecified atom stereocenters. The lowest BCUT2D eigenvalue weighted by Gasteiger charge is -2.11. The Balaban J connectivity index is 1.79. The third-order valence-corrected chi connectivity index (χ3v) is 3.93. The molecule has 0 saturated heterocycles. The van der Waals surface area contributed by atoms with Gasteiger partial charge in [0, 0.05) is 17.4 Å². The average Bonchev–Trinajstić information content (AvgIpc) is 2.70. The number of para-hydroxylation sites is 1. The van der Waals surface area contributed by atoms with Crippen LogP contribution in [0.4, 0.5) is 17.2 Å². The first-order valence-electron chi connectivity index (χ1n) is 8.35. The molecular formula is C21H19N3O3. The molecule has 0 aliphatic rings. The van der Waals surface area contributed by atoms with E-state index in [1.807, 2.05) is 31.2 Å². The number of benzene rings is 2. The maximum Gasteiger partial charge on any atom is 0.339 e. The van der Waals surface area contributed by atoms with Crippen LogP contribution in [0.25, 0.3) is 0 Å². The number of esters is 1. The topological polar surface area (TPSA) is 80.3 Å². The van der Waals surface area contributed by atoms with Crippen LogP contribution in [-0.4, -0.2) is 24.0 Å². The molecule has 2 aromatic carbocycles. The number of ether oxygens (including phenoxy) is 1. The Kier molecular flexibility index (Phi) is 5.47. The highest BCUT2D eigenvalue weighted by Gasteiger charge is 2.13. The van der Waals surface area contributed by atoms with Crippen molar-refractivity contribution in [1.82, 2.24) is 4.98 Å². The smallest absolute Gasteiger partial charge is 0.339 e. The number of nitrogens with one attached hydrogen (secondary N) is 2. The molecule has 0 fully saturated rings. The van der Waals surface area contributed by atoms with Gasteiger partial charge in [-0.15, -0.1) is 0 Å². The third kappa shape index (κ3) is 4.49. The molecular weight excluding hydrogens is 342 g/mol. The molecule has 27 heavy (non-hydrogen) atoms. The van der Waals surface area contributed by atoms with E-state index >= 15 is 0 Å². The lowest BCUT2D eigenvalue weighted by molar-refractivity contribution is 0.0601. The van der Waals surface area contributed by atoms with Crippen molar-refractivity contribution in [1.29, 1.82) is 0 Å². The fourth-order valence-corrected chi connectivity index (χ4v) is 2.50. The maximum atomic E-state index is 12.5. The van der Waals surface area contributed by atoms with Crippen LogP contribution < -0.4 is 10.6 Å². The van der Waals surface area contributed by atoms with Gasteiger partial charge in [-0.3, -0.25) is 4.79 Å². The van der Waals surface area contributed by atoms with Crippen molar-refractivity contribution in [3.63, 3.8) is 0 Å². The molecule has 0 saturated carbocycles. The predicted molar refractivity (Wildman–Crippen MR) is 104 cm³/mol. The number of hydrogen-bond donors (Lipinski definition) is 2. The molecule has 3 rings (SSSR count). The van der Waals surface area contributed by atoms with Gasteiger partial charge in [-0.1, -0.05) is 29.8 Å². The van der Waals surface area contributed by atoms with Crippen molar-refractivity contribution in [3.8, 4) is 0 Å². The Morgan fingerprint density at radius 3 is 2.48 bits per heavy atom. The minimum atomic E-state index is -0.452. The van der Waals surface area contributed by atoms with E-state index in [0.717, 1.165) is 5.56 Å². The molecule has 6 heteroatoms. The number of methoxy groups -OCH3 is 1. The van der Waals surface area contributed by atoms with Crippen molar-refractivity contribution in [2.24, 2.45) is 0 Å². The quantitative estimate of drug-likeness (QED) is 0.667. The number of hydrogen-bond acceptors (Lipinski definition) is 5. The summed E-state index contributed by atoms with van der Waals surface area (Å²) in [4.78, 5) is 28.6. The fourth-order valence-electron chi connectivity index (χ4n) is 2.50. The predicted octanol–water partition coefficient (Wildman–Crippen LogP) is 4.17. The van der Waals surface area contributed by atoms with Crippen molar-refractivity contribution < 1.29 is 14.3 Å². The van der Waals surface area contributed by atoms with Crippen LogP contribution in [0.2, 0.25) is 0 Å². The van der Waals surface area contributed by atoms with Crippen LogP contribution >= 0.6 is 0 Å². The van der Waals surface area contributed by atoms with E-state index in [0.29, 0.717) is 28.3 Å². The normalized spacial score (nSPS) is 10.1. The number of anilines is 3. The Hall–Kier alpha value is -3.67. The molecule has 0 aliphatic heterocycles. The number of aryl methyl sites for hydroxylation is 1. The third-order valence-electron chi connectivity index (χ3n) is 3.93. The van der Waals surface area contributed by atoms with Crippen molar-refractivity contribution in [2.75, 3.05) is 17.7 Å². The van der Waals surface area contributed by atoms with Gasteiger partial charge in [0.1, 0.15) is 5.82 Å². The lowest BCUT2D eigenvalue weighted by Crippen LogP contribution is -2.12. The van der Waals surface area contributed by atoms with E-state index in [1.54, 1.807) is 36.4 Å². The summed E-state index contributed by atoms with van der Waals surface area (Å²) >= 11 is 0. The minimum Gasteiger partial charge on any atom is -0.465 e. The largest absolute Gasteiger partial charge is 0.465 e. The Labute approximate surface area is 157 Å². The van der Waals surface area contributed by atoms with E-state index in [-0.39, 0.29) is 5.91 Å². The first-order valence-corrected chi connectivity index (χ1v) is 8.35. The van der Waals surface area contributed by atoms with Gasteiger partial charge in [0.15, 0.2) is 0 Å². The van der Waals surface area contributed by atoms with Gasteiger partial charge in [0.2, 0.25) is 0 Å². The van der Waals surface area contributed by atoms with Crippen molar-refractivity contribution in [2.45, 2.75) is 6.92 Å². The van der Waals surface area contributed by atoms with E-state index in [4.69, 9.17) is 4.74 Å². The Morgan fingerprint density at radius 2 is 1.74 bits per heavy atom. The fraction of sp³-hybridized carbons (Fsp3) is 0.0952. The van der Waals surface area contributed by atoms with Gasteiger partial charge in [-0.05, 0) is 43.3 Å². The molecule has 0 radical (unpaired) electrons. The standard InChI is InChI=1S/C21H19N3O3/c1-14-7-9-16(10-8-14)23-20(25)15-11-12-22-19(13-15)24-18-6-4-3-5-17(18)21(26)27-2/h3-13H,1-2H3,(H,22,24)(H,23,25). The minimum absolute atomic E-state index is 0.245. The van der Waals surface area contributed by atoms with E-state index in [1.165, 1.54) is 13.3 Å². The summed E-state index contributed by atoms with van der Waals surface area (Å²) in [6, 6.07) is 17.7.